The van der Waals surface area contributed by atoms with Crippen molar-refractivity contribution in [3.63, 3.8) is 0 Å². The highest BCUT2D eigenvalue weighted by Gasteiger charge is 2.02. The van der Waals surface area contributed by atoms with Crippen molar-refractivity contribution in [2.75, 3.05) is 25.6 Å². The van der Waals surface area contributed by atoms with Gasteiger partial charge in [-0.1, -0.05) is 29.3 Å². The molecule has 0 aliphatic carbocycles. The van der Waals surface area contributed by atoms with Crippen molar-refractivity contribution in [2.24, 2.45) is 10.7 Å². The Morgan fingerprint density at radius 2 is 1.92 bits per heavy atom. The fourth-order valence-electron chi connectivity index (χ4n) is 1.90. The lowest BCUT2D eigenvalue weighted by atomic mass is 10.2. The van der Waals surface area contributed by atoms with E-state index < -0.39 is 0 Å². The molecule has 0 saturated carbocycles. The minimum absolute atomic E-state index is 0. The summed E-state index contributed by atoms with van der Waals surface area (Å²) >= 11 is 6.05. The van der Waals surface area contributed by atoms with Crippen molar-refractivity contribution in [1.29, 1.82) is 0 Å². The maximum Gasteiger partial charge on any atom is 0.193 e. The Hall–Kier alpha value is -1.67. The highest BCUT2D eigenvalue weighted by molar-refractivity contribution is 14.0. The number of benzene rings is 2. The standard InChI is InChI=1S/C17H20ClN3O2.HI/c1-12-3-6-14(7-4-12)23-10-9-20-17(19)21-13-5-8-16(22-2)15(18)11-13;/h3-8,11H,9-10H2,1-2H3,(H3,19,20,21);1H. The van der Waals surface area contributed by atoms with Crippen LogP contribution in [0.1, 0.15) is 5.56 Å². The van der Waals surface area contributed by atoms with Crippen LogP contribution < -0.4 is 20.5 Å². The van der Waals surface area contributed by atoms with Crippen LogP contribution in [-0.4, -0.2) is 26.2 Å². The largest absolute Gasteiger partial charge is 0.495 e. The number of rotatable bonds is 6. The summed E-state index contributed by atoms with van der Waals surface area (Å²) in [5.74, 6) is 1.73. The Balaban J connectivity index is 0.00000288. The predicted octanol–water partition coefficient (Wildman–Crippen LogP) is 4.08. The normalized spacial score (nSPS) is 10.7. The molecule has 0 spiro atoms. The molecule has 0 unspecified atom stereocenters. The van der Waals surface area contributed by atoms with E-state index in [1.807, 2.05) is 37.3 Å². The molecular weight excluding hydrogens is 441 g/mol. The van der Waals surface area contributed by atoms with Crippen LogP contribution in [0.3, 0.4) is 0 Å². The number of aryl methyl sites for hydroxylation is 1. The number of ether oxygens (including phenoxy) is 2. The molecule has 24 heavy (non-hydrogen) atoms. The molecule has 2 aromatic rings. The van der Waals surface area contributed by atoms with Crippen LogP contribution in [0.4, 0.5) is 5.69 Å². The number of halogens is 2. The molecule has 5 nitrogen and oxygen atoms in total. The van der Waals surface area contributed by atoms with Crippen LogP contribution in [0.25, 0.3) is 0 Å². The summed E-state index contributed by atoms with van der Waals surface area (Å²) in [6, 6.07) is 13.2. The molecule has 3 N–H and O–H groups in total. The number of hydrogen-bond acceptors (Lipinski definition) is 3. The summed E-state index contributed by atoms with van der Waals surface area (Å²) in [5.41, 5.74) is 7.78. The number of hydrogen-bond donors (Lipinski definition) is 2. The zero-order valence-electron chi connectivity index (χ0n) is 13.6. The monoisotopic (exact) mass is 461 g/mol. The van der Waals surface area contributed by atoms with Gasteiger partial charge in [0.25, 0.3) is 0 Å². The Kier molecular flexibility index (Phi) is 8.70. The zero-order chi connectivity index (χ0) is 16.7. The lowest BCUT2D eigenvalue weighted by Crippen LogP contribution is -2.23. The number of nitrogens with two attached hydrogens (primary N) is 1. The van der Waals surface area contributed by atoms with Gasteiger partial charge in [-0.3, -0.25) is 0 Å². The molecule has 0 atom stereocenters. The second-order valence-electron chi connectivity index (χ2n) is 4.90. The van der Waals surface area contributed by atoms with Gasteiger partial charge in [0.05, 0.1) is 18.7 Å². The molecule has 130 valence electrons. The molecule has 2 aromatic carbocycles. The van der Waals surface area contributed by atoms with Gasteiger partial charge in [0, 0.05) is 5.69 Å². The Morgan fingerprint density at radius 3 is 2.54 bits per heavy atom. The van der Waals surface area contributed by atoms with Crippen molar-refractivity contribution < 1.29 is 9.47 Å². The smallest absolute Gasteiger partial charge is 0.193 e. The first-order valence-electron chi connectivity index (χ1n) is 7.18. The minimum Gasteiger partial charge on any atom is -0.495 e. The molecule has 7 heteroatoms. The van der Waals surface area contributed by atoms with E-state index in [1.165, 1.54) is 5.56 Å². The summed E-state index contributed by atoms with van der Waals surface area (Å²) in [5, 5.41) is 3.48. The summed E-state index contributed by atoms with van der Waals surface area (Å²) in [6.45, 7) is 2.94. The second-order valence-corrected chi connectivity index (χ2v) is 5.31. The SMILES string of the molecule is COc1ccc(NC(N)=NCCOc2ccc(C)cc2)cc1Cl.I. The van der Waals surface area contributed by atoms with Gasteiger partial charge in [0.15, 0.2) is 5.96 Å². The third kappa shape index (κ3) is 6.45. The molecule has 0 aromatic heterocycles. The van der Waals surface area contributed by atoms with Crippen LogP contribution >= 0.6 is 35.6 Å². The Labute approximate surface area is 164 Å². The van der Waals surface area contributed by atoms with Gasteiger partial charge in [-0.25, -0.2) is 4.99 Å². The van der Waals surface area contributed by atoms with E-state index in [2.05, 4.69) is 10.3 Å². The number of methoxy groups -OCH3 is 1. The number of aliphatic imine (C=N–C) groups is 1. The van der Waals surface area contributed by atoms with Crippen LogP contribution in [0, 0.1) is 6.92 Å². The molecule has 2 rings (SSSR count). The fraction of sp³-hybridized carbons (Fsp3) is 0.235. The van der Waals surface area contributed by atoms with E-state index in [4.69, 9.17) is 26.8 Å². The van der Waals surface area contributed by atoms with Gasteiger partial charge in [-0.05, 0) is 37.3 Å². The van der Waals surface area contributed by atoms with Crippen molar-refractivity contribution in [1.82, 2.24) is 0 Å². The highest BCUT2D eigenvalue weighted by Crippen LogP contribution is 2.26. The van der Waals surface area contributed by atoms with E-state index >= 15 is 0 Å². The van der Waals surface area contributed by atoms with Gasteiger partial charge in [-0.15, -0.1) is 24.0 Å². The second kappa shape index (κ2) is 10.2. The fourth-order valence-corrected chi connectivity index (χ4v) is 2.15. The Bertz CT molecular complexity index is 678. The lowest BCUT2D eigenvalue weighted by Gasteiger charge is -2.09. The molecule has 0 aliphatic heterocycles. The van der Waals surface area contributed by atoms with E-state index in [0.29, 0.717) is 29.9 Å². The maximum atomic E-state index is 6.05. The van der Waals surface area contributed by atoms with Crippen molar-refractivity contribution in [2.45, 2.75) is 6.92 Å². The summed E-state index contributed by atoms with van der Waals surface area (Å²) < 4.78 is 10.7. The van der Waals surface area contributed by atoms with Gasteiger partial charge < -0.3 is 20.5 Å². The molecule has 0 bridgehead atoms. The van der Waals surface area contributed by atoms with Crippen LogP contribution in [0.2, 0.25) is 5.02 Å². The third-order valence-corrected chi connectivity index (χ3v) is 3.38. The first-order chi connectivity index (χ1) is 11.1. The minimum atomic E-state index is 0. The molecule has 0 amide bonds. The highest BCUT2D eigenvalue weighted by atomic mass is 127. The molecule has 0 saturated heterocycles. The molecule has 0 fully saturated rings. The predicted molar refractivity (Wildman–Crippen MR) is 110 cm³/mol. The number of guanidine groups is 1. The Morgan fingerprint density at radius 1 is 1.21 bits per heavy atom. The zero-order valence-corrected chi connectivity index (χ0v) is 16.7. The summed E-state index contributed by atoms with van der Waals surface area (Å²) in [4.78, 5) is 4.21. The molecule has 0 radical (unpaired) electrons. The van der Waals surface area contributed by atoms with Crippen molar-refractivity contribution >= 4 is 47.2 Å². The van der Waals surface area contributed by atoms with E-state index in [1.54, 1.807) is 19.2 Å². The van der Waals surface area contributed by atoms with Gasteiger partial charge >= 0.3 is 0 Å². The van der Waals surface area contributed by atoms with Crippen LogP contribution in [0.15, 0.2) is 47.5 Å². The first kappa shape index (κ1) is 20.4. The molecule has 0 heterocycles. The average Bonchev–Trinajstić information content (AvgIpc) is 2.53. The van der Waals surface area contributed by atoms with E-state index in [0.717, 1.165) is 11.4 Å². The van der Waals surface area contributed by atoms with Gasteiger partial charge in [0.2, 0.25) is 0 Å². The maximum absolute atomic E-state index is 6.05. The topological polar surface area (TPSA) is 68.9 Å². The van der Waals surface area contributed by atoms with E-state index in [9.17, 15) is 0 Å². The number of nitrogens with one attached hydrogen (secondary N) is 1. The summed E-state index contributed by atoms with van der Waals surface area (Å²) in [6.07, 6.45) is 0. The number of nitrogens with zero attached hydrogens (tertiary/aromatic N) is 1. The third-order valence-electron chi connectivity index (χ3n) is 3.09. The average molecular weight is 462 g/mol. The van der Waals surface area contributed by atoms with Gasteiger partial charge in [0.1, 0.15) is 18.1 Å². The molecule has 0 aliphatic rings. The lowest BCUT2D eigenvalue weighted by molar-refractivity contribution is 0.328. The molecular formula is C17H21ClIN3O2. The van der Waals surface area contributed by atoms with Crippen molar-refractivity contribution in [3.8, 4) is 11.5 Å². The quantitative estimate of drug-likeness (QED) is 0.294. The number of anilines is 1. The van der Waals surface area contributed by atoms with Gasteiger partial charge in [-0.2, -0.15) is 0 Å². The summed E-state index contributed by atoms with van der Waals surface area (Å²) in [7, 11) is 1.57. The van der Waals surface area contributed by atoms with Crippen molar-refractivity contribution in [3.05, 3.63) is 53.1 Å². The van der Waals surface area contributed by atoms with Crippen LogP contribution in [-0.2, 0) is 0 Å². The first-order valence-corrected chi connectivity index (χ1v) is 7.56. The van der Waals surface area contributed by atoms with Crippen LogP contribution in [0.5, 0.6) is 11.5 Å². The van der Waals surface area contributed by atoms with E-state index in [-0.39, 0.29) is 24.0 Å².